The van der Waals surface area contributed by atoms with Crippen molar-refractivity contribution in [3.05, 3.63) is 48.5 Å². The number of methoxy groups -OCH3 is 1. The average Bonchev–Trinajstić information content (AvgIpc) is 2.57. The topological polar surface area (TPSA) is 30.5 Å². The number of nitrogens with one attached hydrogen (secondary N) is 1. The minimum Gasteiger partial charge on any atom is -0.497 e. The largest absolute Gasteiger partial charge is 0.497 e. The molecule has 0 aliphatic heterocycles. The van der Waals surface area contributed by atoms with Crippen LogP contribution in [0.3, 0.4) is 0 Å². The molecule has 0 fully saturated rings. The average molecular weight is 299 g/mol. The van der Waals surface area contributed by atoms with E-state index in [2.05, 4.69) is 12.2 Å². The minimum absolute atomic E-state index is 0.797. The van der Waals surface area contributed by atoms with Crippen molar-refractivity contribution >= 4 is 11.4 Å². The molecule has 0 aliphatic carbocycles. The van der Waals surface area contributed by atoms with Crippen molar-refractivity contribution in [2.24, 2.45) is 0 Å². The zero-order valence-corrected chi connectivity index (χ0v) is 13.5. The lowest BCUT2D eigenvalue weighted by atomic mass is 10.2. The Labute approximate surface area is 133 Å². The van der Waals surface area contributed by atoms with Crippen LogP contribution in [0.25, 0.3) is 0 Å². The molecule has 0 aliphatic rings. The SMILES string of the molecule is CCCCCCOc1ccc(Nc2ccc(OC)cc2)cc1. The Hall–Kier alpha value is -2.16. The Morgan fingerprint density at radius 3 is 1.91 bits per heavy atom. The van der Waals surface area contributed by atoms with Gasteiger partial charge in [-0.3, -0.25) is 0 Å². The van der Waals surface area contributed by atoms with E-state index in [0.29, 0.717) is 0 Å². The third kappa shape index (κ3) is 5.32. The van der Waals surface area contributed by atoms with E-state index in [9.17, 15) is 0 Å². The van der Waals surface area contributed by atoms with Gasteiger partial charge in [0, 0.05) is 11.4 Å². The monoisotopic (exact) mass is 299 g/mol. The van der Waals surface area contributed by atoms with Crippen LogP contribution in [-0.4, -0.2) is 13.7 Å². The fourth-order valence-electron chi connectivity index (χ4n) is 2.19. The summed E-state index contributed by atoms with van der Waals surface area (Å²) in [4.78, 5) is 0. The van der Waals surface area contributed by atoms with Crippen LogP contribution in [0.1, 0.15) is 32.6 Å². The lowest BCUT2D eigenvalue weighted by Crippen LogP contribution is -1.97. The number of anilines is 2. The van der Waals surface area contributed by atoms with Gasteiger partial charge in [0.15, 0.2) is 0 Å². The lowest BCUT2D eigenvalue weighted by molar-refractivity contribution is 0.305. The summed E-state index contributed by atoms with van der Waals surface area (Å²) in [7, 11) is 1.67. The molecule has 2 aromatic carbocycles. The van der Waals surface area contributed by atoms with Gasteiger partial charge in [0.25, 0.3) is 0 Å². The van der Waals surface area contributed by atoms with Crippen molar-refractivity contribution in [3.63, 3.8) is 0 Å². The van der Waals surface area contributed by atoms with Crippen LogP contribution in [0.15, 0.2) is 48.5 Å². The molecule has 0 bridgehead atoms. The summed E-state index contributed by atoms with van der Waals surface area (Å²) in [5, 5.41) is 3.36. The molecule has 0 spiro atoms. The predicted octanol–water partition coefficient (Wildman–Crippen LogP) is 5.40. The van der Waals surface area contributed by atoms with Crippen LogP contribution < -0.4 is 14.8 Å². The third-order valence-electron chi connectivity index (χ3n) is 3.50. The van der Waals surface area contributed by atoms with Crippen LogP contribution in [0.2, 0.25) is 0 Å². The maximum atomic E-state index is 5.74. The number of unbranched alkanes of at least 4 members (excludes halogenated alkanes) is 3. The van der Waals surface area contributed by atoms with Gasteiger partial charge in [0.05, 0.1) is 13.7 Å². The first kappa shape index (κ1) is 16.2. The molecule has 118 valence electrons. The second kappa shape index (κ2) is 8.98. The maximum absolute atomic E-state index is 5.74. The molecule has 2 aromatic rings. The second-order valence-electron chi connectivity index (χ2n) is 5.29. The first-order chi connectivity index (χ1) is 10.8. The van der Waals surface area contributed by atoms with Gasteiger partial charge in [0.2, 0.25) is 0 Å². The minimum atomic E-state index is 0.797. The van der Waals surface area contributed by atoms with Crippen LogP contribution in [-0.2, 0) is 0 Å². The first-order valence-electron chi connectivity index (χ1n) is 7.96. The van der Waals surface area contributed by atoms with Gasteiger partial charge < -0.3 is 14.8 Å². The van der Waals surface area contributed by atoms with Crippen molar-refractivity contribution in [1.29, 1.82) is 0 Å². The normalized spacial score (nSPS) is 10.3. The summed E-state index contributed by atoms with van der Waals surface area (Å²) in [6.07, 6.45) is 4.91. The van der Waals surface area contributed by atoms with E-state index in [4.69, 9.17) is 9.47 Å². The maximum Gasteiger partial charge on any atom is 0.119 e. The number of rotatable bonds is 9. The lowest BCUT2D eigenvalue weighted by Gasteiger charge is -2.09. The van der Waals surface area contributed by atoms with Crippen molar-refractivity contribution < 1.29 is 9.47 Å². The van der Waals surface area contributed by atoms with Gasteiger partial charge in [-0.2, -0.15) is 0 Å². The van der Waals surface area contributed by atoms with Gasteiger partial charge in [-0.15, -0.1) is 0 Å². The van der Waals surface area contributed by atoms with Gasteiger partial charge >= 0.3 is 0 Å². The first-order valence-corrected chi connectivity index (χ1v) is 7.96. The van der Waals surface area contributed by atoms with Crippen molar-refractivity contribution in [1.82, 2.24) is 0 Å². The summed E-state index contributed by atoms with van der Waals surface area (Å²) >= 11 is 0. The summed E-state index contributed by atoms with van der Waals surface area (Å²) in [6, 6.07) is 16.0. The predicted molar refractivity (Wildman–Crippen MR) is 92.4 cm³/mol. The van der Waals surface area contributed by atoms with E-state index >= 15 is 0 Å². The van der Waals surface area contributed by atoms with Gasteiger partial charge in [-0.1, -0.05) is 26.2 Å². The molecular formula is C19H25NO2. The molecule has 0 radical (unpaired) electrons. The van der Waals surface area contributed by atoms with Crippen molar-refractivity contribution in [3.8, 4) is 11.5 Å². The van der Waals surface area contributed by atoms with E-state index in [-0.39, 0.29) is 0 Å². The van der Waals surface area contributed by atoms with E-state index in [0.717, 1.165) is 35.9 Å². The summed E-state index contributed by atoms with van der Waals surface area (Å²) in [6.45, 7) is 3.01. The number of ether oxygens (including phenoxy) is 2. The van der Waals surface area contributed by atoms with Crippen LogP contribution >= 0.6 is 0 Å². The second-order valence-corrected chi connectivity index (χ2v) is 5.29. The molecule has 0 aromatic heterocycles. The smallest absolute Gasteiger partial charge is 0.119 e. The summed E-state index contributed by atoms with van der Waals surface area (Å²) < 4.78 is 10.9. The molecule has 0 amide bonds. The van der Waals surface area contributed by atoms with Gasteiger partial charge in [-0.25, -0.2) is 0 Å². The highest BCUT2D eigenvalue weighted by Gasteiger charge is 1.98. The number of hydrogen-bond donors (Lipinski definition) is 1. The molecule has 0 saturated carbocycles. The molecule has 2 rings (SSSR count). The Bertz CT molecular complexity index is 534. The van der Waals surface area contributed by atoms with Crippen LogP contribution in [0.5, 0.6) is 11.5 Å². The Balaban J connectivity index is 1.80. The number of benzene rings is 2. The van der Waals surface area contributed by atoms with Crippen molar-refractivity contribution in [2.45, 2.75) is 32.6 Å². The highest BCUT2D eigenvalue weighted by Crippen LogP contribution is 2.22. The summed E-state index contributed by atoms with van der Waals surface area (Å²) in [5.41, 5.74) is 2.08. The summed E-state index contributed by atoms with van der Waals surface area (Å²) in [5.74, 6) is 1.79. The third-order valence-corrected chi connectivity index (χ3v) is 3.50. The molecule has 22 heavy (non-hydrogen) atoms. The molecule has 3 heteroatoms. The van der Waals surface area contributed by atoms with Gasteiger partial charge in [-0.05, 0) is 55.0 Å². The van der Waals surface area contributed by atoms with Crippen molar-refractivity contribution in [2.75, 3.05) is 19.0 Å². The number of hydrogen-bond acceptors (Lipinski definition) is 3. The highest BCUT2D eigenvalue weighted by molar-refractivity contribution is 5.60. The Kier molecular flexibility index (Phi) is 6.62. The Morgan fingerprint density at radius 1 is 0.773 bits per heavy atom. The van der Waals surface area contributed by atoms with E-state index in [1.165, 1.54) is 19.3 Å². The molecule has 0 unspecified atom stereocenters. The van der Waals surface area contributed by atoms with Crippen LogP contribution in [0, 0.1) is 0 Å². The zero-order valence-electron chi connectivity index (χ0n) is 13.5. The zero-order chi connectivity index (χ0) is 15.6. The molecule has 3 nitrogen and oxygen atoms in total. The van der Waals surface area contributed by atoms with Crippen LogP contribution in [0.4, 0.5) is 11.4 Å². The van der Waals surface area contributed by atoms with Gasteiger partial charge in [0.1, 0.15) is 11.5 Å². The van der Waals surface area contributed by atoms with E-state index in [1.54, 1.807) is 7.11 Å². The van der Waals surface area contributed by atoms with E-state index in [1.807, 2.05) is 48.5 Å². The molecule has 0 saturated heterocycles. The fourth-order valence-corrected chi connectivity index (χ4v) is 2.19. The standard InChI is InChI=1S/C19H25NO2/c1-3-4-5-6-15-22-19-13-9-17(10-14-19)20-16-7-11-18(21-2)12-8-16/h7-14,20H,3-6,15H2,1-2H3. The molecule has 0 atom stereocenters. The van der Waals surface area contributed by atoms with E-state index < -0.39 is 0 Å². The highest BCUT2D eigenvalue weighted by atomic mass is 16.5. The quantitative estimate of drug-likeness (QED) is 0.629. The molecular weight excluding hydrogens is 274 g/mol. The Morgan fingerprint density at radius 2 is 1.36 bits per heavy atom. The fraction of sp³-hybridized carbons (Fsp3) is 0.368. The molecule has 0 heterocycles. The molecule has 1 N–H and O–H groups in total.